The number of hydrogen-bond donors (Lipinski definition) is 1. The smallest absolute Gasteiger partial charge is 0.178 e. The van der Waals surface area contributed by atoms with Gasteiger partial charge in [0.15, 0.2) is 9.84 Å². The van der Waals surface area contributed by atoms with Gasteiger partial charge in [0, 0.05) is 37.5 Å². The first-order valence-electron chi connectivity index (χ1n) is 8.34. The third kappa shape index (κ3) is 3.54. The van der Waals surface area contributed by atoms with Crippen molar-refractivity contribution in [2.45, 2.75) is 50.1 Å². The maximum absolute atomic E-state index is 11.9. The van der Waals surface area contributed by atoms with Gasteiger partial charge in [0.25, 0.3) is 0 Å². The molecule has 3 rings (SSSR count). The molecule has 3 heterocycles. The van der Waals surface area contributed by atoms with Crippen LogP contribution in [-0.2, 0) is 16.4 Å². The normalized spacial score (nSPS) is 19.9. The molecule has 0 aliphatic carbocycles. The number of aromatic nitrogens is 4. The monoisotopic (exact) mass is 351 g/mol. The van der Waals surface area contributed by atoms with Crippen molar-refractivity contribution in [2.24, 2.45) is 0 Å². The molecule has 0 aromatic carbocycles. The van der Waals surface area contributed by atoms with Gasteiger partial charge in [0.05, 0.1) is 17.6 Å². The standard InChI is InChI=1S/C16H25N5O2S/c1-12(2)21-14(6-7-18-21)11-20-8-4-5-13(10-20)16-15(9-17-19-16)24(3,22)23/h6-7,9,12-13H,4-5,8,10-11H2,1-3H3,(H,17,19)/t13-/m1/s1. The Morgan fingerprint density at radius 3 is 2.92 bits per heavy atom. The van der Waals surface area contributed by atoms with Gasteiger partial charge in [-0.2, -0.15) is 10.2 Å². The van der Waals surface area contributed by atoms with Crippen LogP contribution >= 0.6 is 0 Å². The molecule has 0 amide bonds. The summed E-state index contributed by atoms with van der Waals surface area (Å²) in [5, 5.41) is 11.3. The number of nitrogens with zero attached hydrogens (tertiary/aromatic N) is 4. The Hall–Kier alpha value is -1.67. The van der Waals surface area contributed by atoms with Crippen LogP contribution in [0.5, 0.6) is 0 Å². The van der Waals surface area contributed by atoms with Gasteiger partial charge in [0.2, 0.25) is 0 Å². The summed E-state index contributed by atoms with van der Waals surface area (Å²) in [5.41, 5.74) is 1.94. The highest BCUT2D eigenvalue weighted by atomic mass is 32.2. The average Bonchev–Trinajstić information content (AvgIpc) is 3.15. The van der Waals surface area contributed by atoms with E-state index in [4.69, 9.17) is 0 Å². The molecular weight excluding hydrogens is 326 g/mol. The van der Waals surface area contributed by atoms with E-state index in [1.807, 2.05) is 10.9 Å². The van der Waals surface area contributed by atoms with E-state index in [0.717, 1.165) is 38.2 Å². The number of piperidine rings is 1. The first-order chi connectivity index (χ1) is 11.4. The molecule has 0 spiro atoms. The van der Waals surface area contributed by atoms with Crippen LogP contribution < -0.4 is 0 Å². The minimum absolute atomic E-state index is 0.168. The zero-order valence-corrected chi connectivity index (χ0v) is 15.3. The number of H-pyrrole nitrogens is 1. The van der Waals surface area contributed by atoms with Gasteiger partial charge in [-0.05, 0) is 39.3 Å². The highest BCUT2D eigenvalue weighted by Gasteiger charge is 2.28. The maximum Gasteiger partial charge on any atom is 0.178 e. The molecule has 1 fully saturated rings. The predicted octanol–water partition coefficient (Wildman–Crippen LogP) is 1.97. The van der Waals surface area contributed by atoms with E-state index in [2.05, 4.69) is 40.1 Å². The quantitative estimate of drug-likeness (QED) is 0.890. The largest absolute Gasteiger partial charge is 0.297 e. The van der Waals surface area contributed by atoms with Crippen LogP contribution in [-0.4, -0.2) is 52.6 Å². The topological polar surface area (TPSA) is 83.9 Å². The van der Waals surface area contributed by atoms with E-state index in [0.29, 0.717) is 10.9 Å². The summed E-state index contributed by atoms with van der Waals surface area (Å²) in [7, 11) is -3.25. The van der Waals surface area contributed by atoms with Gasteiger partial charge in [-0.3, -0.25) is 14.7 Å². The zero-order chi connectivity index (χ0) is 17.3. The third-order valence-electron chi connectivity index (χ3n) is 4.57. The van der Waals surface area contributed by atoms with Crippen molar-refractivity contribution in [1.29, 1.82) is 0 Å². The number of rotatable bonds is 5. The fourth-order valence-corrected chi connectivity index (χ4v) is 4.32. The highest BCUT2D eigenvalue weighted by molar-refractivity contribution is 7.90. The Morgan fingerprint density at radius 1 is 1.42 bits per heavy atom. The van der Waals surface area contributed by atoms with Crippen LogP contribution in [0.4, 0.5) is 0 Å². The minimum atomic E-state index is -3.25. The van der Waals surface area contributed by atoms with Crippen molar-refractivity contribution in [3.63, 3.8) is 0 Å². The molecule has 2 aromatic heterocycles. The van der Waals surface area contributed by atoms with Gasteiger partial charge in [-0.15, -0.1) is 0 Å². The second-order valence-electron chi connectivity index (χ2n) is 6.86. The SMILES string of the molecule is CC(C)n1nccc1CN1CCC[C@@H](c2[nH]ncc2S(C)(=O)=O)C1. The van der Waals surface area contributed by atoms with Crippen LogP contribution in [0.15, 0.2) is 23.4 Å². The van der Waals surface area contributed by atoms with Crippen molar-refractivity contribution in [2.75, 3.05) is 19.3 Å². The lowest BCUT2D eigenvalue weighted by Gasteiger charge is -2.32. The predicted molar refractivity (Wildman–Crippen MR) is 91.6 cm³/mol. The van der Waals surface area contributed by atoms with E-state index < -0.39 is 9.84 Å². The average molecular weight is 351 g/mol. The number of nitrogens with one attached hydrogen (secondary N) is 1. The van der Waals surface area contributed by atoms with Crippen molar-refractivity contribution < 1.29 is 8.42 Å². The van der Waals surface area contributed by atoms with Crippen LogP contribution in [0.1, 0.15) is 50.0 Å². The van der Waals surface area contributed by atoms with Gasteiger partial charge in [0.1, 0.15) is 4.90 Å². The Balaban J connectivity index is 1.76. The first-order valence-corrected chi connectivity index (χ1v) is 10.2. The van der Waals surface area contributed by atoms with Crippen molar-refractivity contribution in [3.05, 3.63) is 29.8 Å². The number of aromatic amines is 1. The molecule has 1 aliphatic heterocycles. The molecule has 2 aromatic rings. The van der Waals surface area contributed by atoms with Gasteiger partial charge in [-0.25, -0.2) is 8.42 Å². The fraction of sp³-hybridized carbons (Fsp3) is 0.625. The lowest BCUT2D eigenvalue weighted by Crippen LogP contribution is -2.35. The van der Waals surface area contributed by atoms with Gasteiger partial charge < -0.3 is 0 Å². The minimum Gasteiger partial charge on any atom is -0.297 e. The van der Waals surface area contributed by atoms with E-state index in [9.17, 15) is 8.42 Å². The second kappa shape index (κ2) is 6.68. The number of likely N-dealkylation sites (tertiary alicyclic amines) is 1. The molecule has 1 saturated heterocycles. The Labute approximate surface area is 143 Å². The molecule has 0 radical (unpaired) electrons. The molecular formula is C16H25N5O2S. The molecule has 0 unspecified atom stereocenters. The van der Waals surface area contributed by atoms with E-state index in [1.165, 1.54) is 18.1 Å². The lowest BCUT2D eigenvalue weighted by molar-refractivity contribution is 0.191. The molecule has 1 N–H and O–H groups in total. The van der Waals surface area contributed by atoms with Crippen LogP contribution in [0.25, 0.3) is 0 Å². The molecule has 0 saturated carbocycles. The third-order valence-corrected chi connectivity index (χ3v) is 5.70. The summed E-state index contributed by atoms with van der Waals surface area (Å²) in [5.74, 6) is 0.168. The van der Waals surface area contributed by atoms with E-state index >= 15 is 0 Å². The zero-order valence-electron chi connectivity index (χ0n) is 14.4. The summed E-state index contributed by atoms with van der Waals surface area (Å²) in [6.07, 6.45) is 6.53. The maximum atomic E-state index is 11.9. The summed E-state index contributed by atoms with van der Waals surface area (Å²) in [6, 6.07) is 2.39. The molecule has 8 heteroatoms. The van der Waals surface area contributed by atoms with Crippen molar-refractivity contribution in [1.82, 2.24) is 24.9 Å². The summed E-state index contributed by atoms with van der Waals surface area (Å²) in [6.45, 7) is 6.92. The summed E-state index contributed by atoms with van der Waals surface area (Å²) >= 11 is 0. The Kier molecular flexibility index (Phi) is 4.78. The van der Waals surface area contributed by atoms with Crippen LogP contribution in [0.2, 0.25) is 0 Å². The Morgan fingerprint density at radius 2 is 2.21 bits per heavy atom. The highest BCUT2D eigenvalue weighted by Crippen LogP contribution is 2.30. The van der Waals surface area contributed by atoms with E-state index in [1.54, 1.807) is 0 Å². The summed E-state index contributed by atoms with van der Waals surface area (Å²) < 4.78 is 25.9. The van der Waals surface area contributed by atoms with E-state index in [-0.39, 0.29) is 5.92 Å². The molecule has 1 aliphatic rings. The summed E-state index contributed by atoms with van der Waals surface area (Å²) in [4.78, 5) is 2.71. The van der Waals surface area contributed by atoms with Crippen molar-refractivity contribution in [3.8, 4) is 0 Å². The number of sulfone groups is 1. The molecule has 0 bridgehead atoms. The van der Waals surface area contributed by atoms with Gasteiger partial charge >= 0.3 is 0 Å². The van der Waals surface area contributed by atoms with Gasteiger partial charge in [-0.1, -0.05) is 0 Å². The molecule has 1 atom stereocenters. The molecule has 7 nitrogen and oxygen atoms in total. The second-order valence-corrected chi connectivity index (χ2v) is 8.84. The first kappa shape index (κ1) is 17.2. The van der Waals surface area contributed by atoms with Crippen LogP contribution in [0.3, 0.4) is 0 Å². The number of hydrogen-bond acceptors (Lipinski definition) is 5. The lowest BCUT2D eigenvalue weighted by atomic mass is 9.95. The molecule has 24 heavy (non-hydrogen) atoms. The fourth-order valence-electron chi connectivity index (χ4n) is 3.47. The van der Waals surface area contributed by atoms with Crippen LogP contribution in [0, 0.1) is 0 Å². The molecule has 132 valence electrons. The Bertz CT molecular complexity index is 793. The van der Waals surface area contributed by atoms with Crippen molar-refractivity contribution >= 4 is 9.84 Å².